The lowest BCUT2D eigenvalue weighted by molar-refractivity contribution is -0.121. The molecule has 0 bridgehead atoms. The summed E-state index contributed by atoms with van der Waals surface area (Å²) in [5.74, 6) is 0.576. The average Bonchev–Trinajstić information content (AvgIpc) is 2.67. The van der Waals surface area contributed by atoms with Gasteiger partial charge in [-0.1, -0.05) is 44.2 Å². The minimum Gasteiger partial charge on any atom is -0.413 e. The SMILES string of the molecule is CC(C)C1C=CON1Cc1ccccc1. The van der Waals surface area contributed by atoms with Gasteiger partial charge in [0.25, 0.3) is 0 Å². The first-order chi connectivity index (χ1) is 7.27. The predicted molar refractivity (Wildman–Crippen MR) is 60.8 cm³/mol. The molecule has 1 unspecified atom stereocenters. The van der Waals surface area contributed by atoms with E-state index >= 15 is 0 Å². The van der Waals surface area contributed by atoms with E-state index < -0.39 is 0 Å². The van der Waals surface area contributed by atoms with Crippen LogP contribution in [0.15, 0.2) is 42.7 Å². The molecule has 0 aliphatic carbocycles. The van der Waals surface area contributed by atoms with Gasteiger partial charge in [0, 0.05) is 0 Å². The highest BCUT2D eigenvalue weighted by atomic mass is 16.7. The lowest BCUT2D eigenvalue weighted by Crippen LogP contribution is -2.32. The fraction of sp³-hybridized carbons (Fsp3) is 0.385. The fourth-order valence-corrected chi connectivity index (χ4v) is 1.82. The lowest BCUT2D eigenvalue weighted by Gasteiger charge is -2.25. The Labute approximate surface area is 91.1 Å². The maximum absolute atomic E-state index is 5.48. The minimum absolute atomic E-state index is 0.394. The maximum atomic E-state index is 5.48. The van der Waals surface area contributed by atoms with Gasteiger partial charge in [-0.3, -0.25) is 0 Å². The highest BCUT2D eigenvalue weighted by Gasteiger charge is 2.24. The van der Waals surface area contributed by atoms with Gasteiger partial charge >= 0.3 is 0 Å². The summed E-state index contributed by atoms with van der Waals surface area (Å²) in [7, 11) is 0. The van der Waals surface area contributed by atoms with Gasteiger partial charge < -0.3 is 4.84 Å². The van der Waals surface area contributed by atoms with Gasteiger partial charge in [-0.05, 0) is 17.6 Å². The highest BCUT2D eigenvalue weighted by Crippen LogP contribution is 2.21. The molecule has 1 atom stereocenters. The van der Waals surface area contributed by atoms with E-state index in [-0.39, 0.29) is 0 Å². The number of benzene rings is 1. The van der Waals surface area contributed by atoms with E-state index in [1.165, 1.54) is 5.56 Å². The fourth-order valence-electron chi connectivity index (χ4n) is 1.82. The second-order valence-corrected chi connectivity index (χ2v) is 4.23. The van der Waals surface area contributed by atoms with Crippen molar-refractivity contribution in [2.24, 2.45) is 5.92 Å². The molecule has 2 rings (SSSR count). The van der Waals surface area contributed by atoms with Crippen molar-refractivity contribution in [1.29, 1.82) is 0 Å². The monoisotopic (exact) mass is 203 g/mol. The maximum Gasteiger partial charge on any atom is 0.109 e. The third-order valence-electron chi connectivity index (χ3n) is 2.67. The van der Waals surface area contributed by atoms with Gasteiger partial charge in [-0.15, -0.1) is 5.06 Å². The minimum atomic E-state index is 0.394. The number of hydrogen-bond donors (Lipinski definition) is 0. The molecule has 0 N–H and O–H groups in total. The molecule has 0 saturated heterocycles. The first kappa shape index (κ1) is 10.2. The van der Waals surface area contributed by atoms with Gasteiger partial charge in [0.05, 0.1) is 12.6 Å². The molecule has 80 valence electrons. The molecule has 1 aromatic carbocycles. The Morgan fingerprint density at radius 1 is 1.27 bits per heavy atom. The van der Waals surface area contributed by atoms with Crippen LogP contribution in [0.5, 0.6) is 0 Å². The third-order valence-corrected chi connectivity index (χ3v) is 2.67. The van der Waals surface area contributed by atoms with Crippen LogP contribution in [0.4, 0.5) is 0 Å². The Morgan fingerprint density at radius 3 is 2.67 bits per heavy atom. The summed E-state index contributed by atoms with van der Waals surface area (Å²) in [6, 6.07) is 10.8. The van der Waals surface area contributed by atoms with Crippen LogP contribution in [0.25, 0.3) is 0 Å². The summed E-state index contributed by atoms with van der Waals surface area (Å²) in [5, 5.41) is 2.03. The Hall–Kier alpha value is -1.28. The van der Waals surface area contributed by atoms with Crippen LogP contribution in [0, 0.1) is 5.92 Å². The molecule has 0 fully saturated rings. The number of nitrogens with zero attached hydrogens (tertiary/aromatic N) is 1. The second kappa shape index (κ2) is 4.49. The van der Waals surface area contributed by atoms with E-state index in [9.17, 15) is 0 Å². The van der Waals surface area contributed by atoms with E-state index in [1.807, 2.05) is 11.1 Å². The van der Waals surface area contributed by atoms with Crippen LogP contribution in [0.2, 0.25) is 0 Å². The van der Waals surface area contributed by atoms with E-state index in [1.54, 1.807) is 6.26 Å². The van der Waals surface area contributed by atoms with E-state index in [0.29, 0.717) is 12.0 Å². The van der Waals surface area contributed by atoms with Gasteiger partial charge in [0.15, 0.2) is 0 Å². The van der Waals surface area contributed by atoms with Crippen molar-refractivity contribution in [3.05, 3.63) is 48.2 Å². The number of rotatable bonds is 3. The molecular weight excluding hydrogens is 186 g/mol. The van der Waals surface area contributed by atoms with Crippen molar-refractivity contribution in [2.45, 2.75) is 26.4 Å². The molecule has 1 aliphatic rings. The summed E-state index contributed by atoms with van der Waals surface area (Å²) in [6.45, 7) is 5.26. The molecule has 0 aromatic heterocycles. The molecule has 0 amide bonds. The summed E-state index contributed by atoms with van der Waals surface area (Å²) in [5.41, 5.74) is 1.28. The van der Waals surface area contributed by atoms with Gasteiger partial charge in [0.2, 0.25) is 0 Å². The van der Waals surface area contributed by atoms with Crippen LogP contribution in [-0.2, 0) is 11.4 Å². The predicted octanol–water partition coefficient (Wildman–Crippen LogP) is 2.97. The Balaban J connectivity index is 2.01. The summed E-state index contributed by atoms with van der Waals surface area (Å²) >= 11 is 0. The Morgan fingerprint density at radius 2 is 2.00 bits per heavy atom. The molecule has 2 heteroatoms. The molecule has 0 spiro atoms. The van der Waals surface area contributed by atoms with Gasteiger partial charge in [-0.25, -0.2) is 0 Å². The van der Waals surface area contributed by atoms with E-state index in [2.05, 4.69) is 44.2 Å². The first-order valence-corrected chi connectivity index (χ1v) is 5.41. The molecule has 1 aliphatic heterocycles. The Bertz CT molecular complexity index is 332. The normalized spacial score (nSPS) is 20.9. The highest BCUT2D eigenvalue weighted by molar-refractivity contribution is 5.15. The smallest absolute Gasteiger partial charge is 0.109 e. The van der Waals surface area contributed by atoms with Crippen molar-refractivity contribution < 1.29 is 4.84 Å². The zero-order valence-corrected chi connectivity index (χ0v) is 9.26. The van der Waals surface area contributed by atoms with Crippen LogP contribution < -0.4 is 0 Å². The van der Waals surface area contributed by atoms with Crippen LogP contribution >= 0.6 is 0 Å². The van der Waals surface area contributed by atoms with Crippen molar-refractivity contribution in [2.75, 3.05) is 0 Å². The topological polar surface area (TPSA) is 12.5 Å². The zero-order chi connectivity index (χ0) is 10.7. The van der Waals surface area contributed by atoms with Gasteiger partial charge in [0.1, 0.15) is 6.26 Å². The first-order valence-electron chi connectivity index (χ1n) is 5.41. The summed E-state index contributed by atoms with van der Waals surface area (Å²) < 4.78 is 0. The molecule has 0 radical (unpaired) electrons. The molecule has 0 saturated carbocycles. The quantitative estimate of drug-likeness (QED) is 0.748. The van der Waals surface area contributed by atoms with Crippen LogP contribution in [0.3, 0.4) is 0 Å². The van der Waals surface area contributed by atoms with E-state index in [0.717, 1.165) is 6.54 Å². The standard InChI is InChI=1S/C13H17NO/c1-11(2)13-8-9-15-14(13)10-12-6-4-3-5-7-12/h3-9,11,13H,10H2,1-2H3. The lowest BCUT2D eigenvalue weighted by atomic mass is 10.0. The number of hydrogen-bond acceptors (Lipinski definition) is 2. The largest absolute Gasteiger partial charge is 0.413 e. The zero-order valence-electron chi connectivity index (χ0n) is 9.26. The van der Waals surface area contributed by atoms with Gasteiger partial charge in [-0.2, -0.15) is 0 Å². The van der Waals surface area contributed by atoms with Crippen LogP contribution in [-0.4, -0.2) is 11.1 Å². The molecule has 2 nitrogen and oxygen atoms in total. The van der Waals surface area contributed by atoms with Crippen LogP contribution in [0.1, 0.15) is 19.4 Å². The Kier molecular flexibility index (Phi) is 3.07. The summed E-state index contributed by atoms with van der Waals surface area (Å²) in [6.07, 6.45) is 3.90. The molecular formula is C13H17NO. The summed E-state index contributed by atoms with van der Waals surface area (Å²) in [4.78, 5) is 5.48. The van der Waals surface area contributed by atoms with Crippen molar-refractivity contribution >= 4 is 0 Å². The van der Waals surface area contributed by atoms with Crippen molar-refractivity contribution in [3.8, 4) is 0 Å². The van der Waals surface area contributed by atoms with Crippen molar-refractivity contribution in [1.82, 2.24) is 5.06 Å². The van der Waals surface area contributed by atoms with Crippen molar-refractivity contribution in [3.63, 3.8) is 0 Å². The second-order valence-electron chi connectivity index (χ2n) is 4.23. The number of hydroxylamine groups is 2. The molecule has 1 aromatic rings. The third kappa shape index (κ3) is 2.39. The average molecular weight is 203 g/mol. The molecule has 1 heterocycles. The molecule has 15 heavy (non-hydrogen) atoms. The van der Waals surface area contributed by atoms with E-state index in [4.69, 9.17) is 4.84 Å².